The zero-order valence-electron chi connectivity index (χ0n) is 10.9. The summed E-state index contributed by atoms with van der Waals surface area (Å²) in [6.45, 7) is 4.01. The van der Waals surface area contributed by atoms with Crippen molar-refractivity contribution >= 4 is 29.1 Å². The molecule has 1 aliphatic heterocycles. The molecule has 1 fully saturated rings. The van der Waals surface area contributed by atoms with Crippen LogP contribution in [0.1, 0.15) is 39.9 Å². The summed E-state index contributed by atoms with van der Waals surface area (Å²) in [5.41, 5.74) is 1.10. The molecule has 3 amide bonds. The highest BCUT2D eigenvalue weighted by Crippen LogP contribution is 2.22. The minimum Gasteiger partial charge on any atom is -0.340 e. The molecular weight excluding hydrogens is 264 g/mol. The van der Waals surface area contributed by atoms with Crippen molar-refractivity contribution in [2.24, 2.45) is 0 Å². The molecule has 19 heavy (non-hydrogen) atoms. The van der Waals surface area contributed by atoms with Crippen molar-refractivity contribution in [3.8, 4) is 0 Å². The molecule has 1 atom stereocenters. The summed E-state index contributed by atoms with van der Waals surface area (Å²) in [5, 5.41) is 4.90. The molecule has 0 spiro atoms. The Kier molecular flexibility index (Phi) is 3.99. The van der Waals surface area contributed by atoms with Gasteiger partial charge < -0.3 is 5.32 Å². The van der Waals surface area contributed by atoms with Gasteiger partial charge in [-0.05, 0) is 31.4 Å². The van der Waals surface area contributed by atoms with Crippen LogP contribution >= 0.6 is 11.3 Å². The van der Waals surface area contributed by atoms with Crippen molar-refractivity contribution < 1.29 is 14.4 Å². The fraction of sp³-hybridized carbons (Fsp3) is 0.462. The van der Waals surface area contributed by atoms with Gasteiger partial charge in [-0.2, -0.15) is 0 Å². The van der Waals surface area contributed by atoms with Crippen molar-refractivity contribution in [3.63, 3.8) is 0 Å². The molecule has 0 saturated carbocycles. The molecule has 2 heterocycles. The molecule has 6 heteroatoms. The first-order valence-corrected chi connectivity index (χ1v) is 7.06. The predicted octanol–water partition coefficient (Wildman–Crippen LogP) is 1.15. The number of carbonyl (C=O) groups excluding carboxylic acids is 3. The quantitative estimate of drug-likeness (QED) is 0.816. The molecule has 2 N–H and O–H groups in total. The van der Waals surface area contributed by atoms with E-state index in [1.54, 1.807) is 0 Å². The third kappa shape index (κ3) is 3.01. The van der Waals surface area contributed by atoms with Crippen molar-refractivity contribution in [1.29, 1.82) is 0 Å². The zero-order valence-corrected chi connectivity index (χ0v) is 11.7. The molecule has 102 valence electrons. The first-order chi connectivity index (χ1) is 9.01. The molecule has 1 unspecified atom stereocenters. The number of hydrogen-bond acceptors (Lipinski definition) is 4. The van der Waals surface area contributed by atoms with Crippen LogP contribution in [-0.2, 0) is 16.0 Å². The van der Waals surface area contributed by atoms with Gasteiger partial charge in [0, 0.05) is 11.3 Å². The average molecular weight is 280 g/mol. The number of amides is 3. The topological polar surface area (TPSA) is 75.3 Å². The molecule has 0 aliphatic carbocycles. The maximum atomic E-state index is 12.1. The van der Waals surface area contributed by atoms with Crippen LogP contribution in [0, 0.1) is 6.92 Å². The Hall–Kier alpha value is -1.69. The SMILES string of the molecule is CCc1sc(C(=O)NC2CCC(=O)NC2=O)cc1C. The lowest BCUT2D eigenvalue weighted by Gasteiger charge is -2.21. The fourth-order valence-corrected chi connectivity index (χ4v) is 3.06. The maximum absolute atomic E-state index is 12.1. The lowest BCUT2D eigenvalue weighted by molar-refractivity contribution is -0.134. The van der Waals surface area contributed by atoms with E-state index in [0.717, 1.165) is 12.0 Å². The standard InChI is InChI=1S/C13H16N2O3S/c1-3-9-7(2)6-10(19-9)13(18)14-8-4-5-11(16)15-12(8)17/h6,8H,3-5H2,1-2H3,(H,14,18)(H,15,16,17). The summed E-state index contributed by atoms with van der Waals surface area (Å²) in [6.07, 6.45) is 1.52. The van der Waals surface area contributed by atoms with Gasteiger partial charge in [0.2, 0.25) is 11.8 Å². The Morgan fingerprint density at radius 3 is 2.84 bits per heavy atom. The Labute approximate surface area is 115 Å². The Balaban J connectivity index is 2.04. The van der Waals surface area contributed by atoms with Crippen LogP contribution in [0.5, 0.6) is 0 Å². The second kappa shape index (κ2) is 5.52. The molecule has 0 bridgehead atoms. The van der Waals surface area contributed by atoms with E-state index in [2.05, 4.69) is 10.6 Å². The number of thiophene rings is 1. The molecular formula is C13H16N2O3S. The van der Waals surface area contributed by atoms with E-state index in [9.17, 15) is 14.4 Å². The van der Waals surface area contributed by atoms with Crippen LogP contribution in [-0.4, -0.2) is 23.8 Å². The second-order valence-electron chi connectivity index (χ2n) is 4.55. The smallest absolute Gasteiger partial charge is 0.262 e. The number of imide groups is 1. The van der Waals surface area contributed by atoms with Crippen molar-refractivity contribution in [2.75, 3.05) is 0 Å². The number of carbonyl (C=O) groups is 3. The van der Waals surface area contributed by atoms with Gasteiger partial charge in [-0.25, -0.2) is 0 Å². The van der Waals surface area contributed by atoms with Crippen LogP contribution in [0.4, 0.5) is 0 Å². The van der Waals surface area contributed by atoms with Crippen LogP contribution in [0.3, 0.4) is 0 Å². The van der Waals surface area contributed by atoms with Gasteiger partial charge in [0.1, 0.15) is 6.04 Å². The highest BCUT2D eigenvalue weighted by Gasteiger charge is 2.28. The molecule has 0 aromatic carbocycles. The number of hydrogen-bond donors (Lipinski definition) is 2. The van der Waals surface area contributed by atoms with Crippen molar-refractivity contribution in [1.82, 2.24) is 10.6 Å². The largest absolute Gasteiger partial charge is 0.340 e. The minimum absolute atomic E-state index is 0.248. The van der Waals surface area contributed by atoms with E-state index in [0.29, 0.717) is 11.3 Å². The molecule has 5 nitrogen and oxygen atoms in total. The summed E-state index contributed by atoms with van der Waals surface area (Å²) in [7, 11) is 0. The third-order valence-electron chi connectivity index (χ3n) is 3.11. The number of piperidine rings is 1. The molecule has 1 aliphatic rings. The molecule has 1 saturated heterocycles. The zero-order chi connectivity index (χ0) is 14.0. The van der Waals surface area contributed by atoms with Gasteiger partial charge in [0.25, 0.3) is 5.91 Å². The number of aryl methyl sites for hydroxylation is 2. The normalized spacial score (nSPS) is 19.2. The van der Waals surface area contributed by atoms with Gasteiger partial charge in [-0.15, -0.1) is 11.3 Å². The highest BCUT2D eigenvalue weighted by atomic mass is 32.1. The van der Waals surface area contributed by atoms with Crippen LogP contribution in [0.2, 0.25) is 0 Å². The van der Waals surface area contributed by atoms with Gasteiger partial charge >= 0.3 is 0 Å². The Bertz CT molecular complexity index is 536. The summed E-state index contributed by atoms with van der Waals surface area (Å²) >= 11 is 1.45. The van der Waals surface area contributed by atoms with Gasteiger partial charge in [0.15, 0.2) is 0 Å². The summed E-state index contributed by atoms with van der Waals surface area (Å²) < 4.78 is 0. The van der Waals surface area contributed by atoms with Crippen LogP contribution in [0.15, 0.2) is 6.07 Å². The van der Waals surface area contributed by atoms with E-state index in [1.807, 2.05) is 19.9 Å². The highest BCUT2D eigenvalue weighted by molar-refractivity contribution is 7.14. The first kappa shape index (κ1) is 13.7. The molecule has 2 rings (SSSR count). The van der Waals surface area contributed by atoms with E-state index in [-0.39, 0.29) is 18.2 Å². The molecule has 1 aromatic rings. The second-order valence-corrected chi connectivity index (χ2v) is 5.68. The van der Waals surface area contributed by atoms with Crippen molar-refractivity contribution in [3.05, 3.63) is 21.4 Å². The lowest BCUT2D eigenvalue weighted by Crippen LogP contribution is -2.52. The Morgan fingerprint density at radius 1 is 1.53 bits per heavy atom. The average Bonchev–Trinajstić information content (AvgIpc) is 2.74. The Morgan fingerprint density at radius 2 is 2.26 bits per heavy atom. The van der Waals surface area contributed by atoms with E-state index in [4.69, 9.17) is 0 Å². The summed E-state index contributed by atoms with van der Waals surface area (Å²) in [6, 6.07) is 1.22. The first-order valence-electron chi connectivity index (χ1n) is 6.25. The third-order valence-corrected chi connectivity index (χ3v) is 4.49. The van der Waals surface area contributed by atoms with E-state index in [1.165, 1.54) is 16.2 Å². The fourth-order valence-electron chi connectivity index (χ4n) is 2.04. The number of rotatable bonds is 3. The monoisotopic (exact) mass is 280 g/mol. The number of nitrogens with one attached hydrogen (secondary N) is 2. The van der Waals surface area contributed by atoms with Crippen molar-refractivity contribution in [2.45, 2.75) is 39.2 Å². The van der Waals surface area contributed by atoms with Crippen LogP contribution < -0.4 is 10.6 Å². The molecule has 1 aromatic heterocycles. The van der Waals surface area contributed by atoms with Crippen LogP contribution in [0.25, 0.3) is 0 Å². The molecule has 0 radical (unpaired) electrons. The maximum Gasteiger partial charge on any atom is 0.262 e. The van der Waals surface area contributed by atoms with Gasteiger partial charge in [-0.3, -0.25) is 19.7 Å². The van der Waals surface area contributed by atoms with Gasteiger partial charge in [-0.1, -0.05) is 6.92 Å². The van der Waals surface area contributed by atoms with Gasteiger partial charge in [0.05, 0.1) is 4.88 Å². The summed E-state index contributed by atoms with van der Waals surface area (Å²) in [5.74, 6) is -0.952. The lowest BCUT2D eigenvalue weighted by atomic mass is 10.1. The predicted molar refractivity (Wildman–Crippen MR) is 72.1 cm³/mol. The summed E-state index contributed by atoms with van der Waals surface area (Å²) in [4.78, 5) is 36.4. The van der Waals surface area contributed by atoms with E-state index < -0.39 is 11.9 Å². The minimum atomic E-state index is -0.613. The van der Waals surface area contributed by atoms with E-state index >= 15 is 0 Å².